The SMILES string of the molecule is CCOc1ccc(Br)cc1/C=C/C(=O)Nc1sc2c(c1C(N)=O)CCC2. The summed E-state index contributed by atoms with van der Waals surface area (Å²) < 4.78 is 6.47. The number of aryl methyl sites for hydroxylation is 1. The number of primary amides is 1. The molecule has 0 bridgehead atoms. The molecule has 3 N–H and O–H groups in total. The van der Waals surface area contributed by atoms with Crippen LogP contribution in [-0.4, -0.2) is 18.4 Å². The van der Waals surface area contributed by atoms with E-state index in [1.54, 1.807) is 6.08 Å². The van der Waals surface area contributed by atoms with Crippen LogP contribution in [0.25, 0.3) is 6.08 Å². The van der Waals surface area contributed by atoms with Crippen molar-refractivity contribution in [1.82, 2.24) is 0 Å². The Morgan fingerprint density at radius 3 is 2.92 bits per heavy atom. The summed E-state index contributed by atoms with van der Waals surface area (Å²) in [5, 5.41) is 3.34. The molecular formula is C19H19BrN2O3S. The van der Waals surface area contributed by atoms with Crippen molar-refractivity contribution in [2.24, 2.45) is 5.73 Å². The average molecular weight is 435 g/mol. The Morgan fingerprint density at radius 1 is 1.38 bits per heavy atom. The van der Waals surface area contributed by atoms with Crippen molar-refractivity contribution >= 4 is 50.2 Å². The number of ether oxygens (including phenoxy) is 1. The van der Waals surface area contributed by atoms with Crippen LogP contribution >= 0.6 is 27.3 Å². The molecule has 0 radical (unpaired) electrons. The predicted molar refractivity (Wildman–Crippen MR) is 108 cm³/mol. The zero-order valence-electron chi connectivity index (χ0n) is 14.3. The summed E-state index contributed by atoms with van der Waals surface area (Å²) in [6.45, 7) is 2.45. The first-order valence-electron chi connectivity index (χ1n) is 8.35. The number of carbonyl (C=O) groups excluding carboxylic acids is 2. The standard InChI is InChI=1S/C19H19BrN2O3S/c1-2-25-14-8-7-12(20)10-11(14)6-9-16(23)22-19-17(18(21)24)13-4-3-5-15(13)26-19/h6-10H,2-5H2,1H3,(H2,21,24)(H,22,23)/b9-6+. The molecule has 5 nitrogen and oxygen atoms in total. The van der Waals surface area contributed by atoms with E-state index in [1.807, 2.05) is 25.1 Å². The van der Waals surface area contributed by atoms with E-state index < -0.39 is 5.91 Å². The maximum atomic E-state index is 12.3. The molecule has 1 aromatic carbocycles. The number of anilines is 1. The van der Waals surface area contributed by atoms with Crippen LogP contribution in [0.5, 0.6) is 5.75 Å². The highest BCUT2D eigenvalue weighted by atomic mass is 79.9. The van der Waals surface area contributed by atoms with Crippen molar-refractivity contribution < 1.29 is 14.3 Å². The van der Waals surface area contributed by atoms with Crippen molar-refractivity contribution in [3.8, 4) is 5.75 Å². The summed E-state index contributed by atoms with van der Waals surface area (Å²) in [5.41, 5.74) is 7.76. The number of nitrogens with one attached hydrogen (secondary N) is 1. The van der Waals surface area contributed by atoms with E-state index in [0.717, 1.165) is 39.7 Å². The molecule has 1 aromatic heterocycles. The van der Waals surface area contributed by atoms with Gasteiger partial charge in [0.2, 0.25) is 5.91 Å². The van der Waals surface area contributed by atoms with Crippen LogP contribution in [0.1, 0.15) is 39.7 Å². The van der Waals surface area contributed by atoms with Gasteiger partial charge in [0.15, 0.2) is 0 Å². The normalized spacial score (nSPS) is 13.0. The molecular weight excluding hydrogens is 416 g/mol. The predicted octanol–water partition coefficient (Wildman–Crippen LogP) is 4.15. The van der Waals surface area contributed by atoms with Crippen LogP contribution in [0.4, 0.5) is 5.00 Å². The molecule has 3 rings (SSSR count). The number of amides is 2. The number of hydrogen-bond donors (Lipinski definition) is 2. The van der Waals surface area contributed by atoms with Gasteiger partial charge >= 0.3 is 0 Å². The maximum absolute atomic E-state index is 12.3. The van der Waals surface area contributed by atoms with Crippen LogP contribution in [-0.2, 0) is 17.6 Å². The number of hydrogen-bond acceptors (Lipinski definition) is 4. The zero-order chi connectivity index (χ0) is 18.7. The Labute approximate surface area is 164 Å². The molecule has 0 unspecified atom stereocenters. The van der Waals surface area contributed by atoms with Crippen molar-refractivity contribution in [1.29, 1.82) is 0 Å². The van der Waals surface area contributed by atoms with Crippen molar-refractivity contribution in [3.63, 3.8) is 0 Å². The first-order valence-corrected chi connectivity index (χ1v) is 9.96. The Bertz CT molecular complexity index is 889. The fourth-order valence-electron chi connectivity index (χ4n) is 3.01. The molecule has 26 heavy (non-hydrogen) atoms. The summed E-state index contributed by atoms with van der Waals surface area (Å²) in [6.07, 6.45) is 5.92. The van der Waals surface area contributed by atoms with Gasteiger partial charge in [-0.25, -0.2) is 0 Å². The van der Waals surface area contributed by atoms with E-state index in [4.69, 9.17) is 10.5 Å². The number of benzene rings is 1. The summed E-state index contributed by atoms with van der Waals surface area (Å²) in [5.74, 6) is -0.100. The molecule has 0 aliphatic heterocycles. The van der Waals surface area contributed by atoms with Crippen LogP contribution in [0, 0.1) is 0 Å². The number of rotatable bonds is 6. The van der Waals surface area contributed by atoms with Crippen LogP contribution in [0.15, 0.2) is 28.7 Å². The Hall–Kier alpha value is -2.12. The molecule has 7 heteroatoms. The largest absolute Gasteiger partial charge is 0.493 e. The molecule has 2 aromatic rings. The number of thiophene rings is 1. The highest BCUT2D eigenvalue weighted by molar-refractivity contribution is 9.10. The number of halogens is 1. The minimum Gasteiger partial charge on any atom is -0.493 e. The number of carbonyl (C=O) groups is 2. The van der Waals surface area contributed by atoms with Gasteiger partial charge < -0.3 is 15.8 Å². The third kappa shape index (κ3) is 3.99. The van der Waals surface area contributed by atoms with Crippen molar-refractivity contribution in [2.45, 2.75) is 26.2 Å². The third-order valence-electron chi connectivity index (χ3n) is 4.09. The molecule has 0 spiro atoms. The van der Waals surface area contributed by atoms with E-state index in [1.165, 1.54) is 17.4 Å². The lowest BCUT2D eigenvalue weighted by molar-refractivity contribution is -0.111. The number of fused-ring (bicyclic) bond motifs is 1. The molecule has 1 heterocycles. The van der Waals surface area contributed by atoms with E-state index in [-0.39, 0.29) is 5.91 Å². The lowest BCUT2D eigenvalue weighted by Gasteiger charge is -2.07. The summed E-state index contributed by atoms with van der Waals surface area (Å²) in [4.78, 5) is 25.3. The zero-order valence-corrected chi connectivity index (χ0v) is 16.7. The molecule has 0 saturated carbocycles. The minimum absolute atomic E-state index is 0.310. The lowest BCUT2D eigenvalue weighted by atomic mass is 10.1. The van der Waals surface area contributed by atoms with Gasteiger partial charge in [-0.1, -0.05) is 15.9 Å². The van der Waals surface area contributed by atoms with Gasteiger partial charge in [0.25, 0.3) is 5.91 Å². The Morgan fingerprint density at radius 2 is 2.19 bits per heavy atom. The molecule has 1 aliphatic rings. The van der Waals surface area contributed by atoms with Crippen LogP contribution < -0.4 is 15.8 Å². The lowest BCUT2D eigenvalue weighted by Crippen LogP contribution is -2.16. The van der Waals surface area contributed by atoms with Gasteiger partial charge in [0.05, 0.1) is 12.2 Å². The van der Waals surface area contributed by atoms with Crippen LogP contribution in [0.2, 0.25) is 0 Å². The van der Waals surface area contributed by atoms with E-state index in [9.17, 15) is 9.59 Å². The van der Waals surface area contributed by atoms with Crippen LogP contribution in [0.3, 0.4) is 0 Å². The molecule has 0 saturated heterocycles. The third-order valence-corrected chi connectivity index (χ3v) is 5.79. The van der Waals surface area contributed by atoms with Gasteiger partial charge in [-0.2, -0.15) is 0 Å². The number of nitrogens with two attached hydrogens (primary N) is 1. The molecule has 1 aliphatic carbocycles. The van der Waals surface area contributed by atoms with Gasteiger partial charge in [-0.15, -0.1) is 11.3 Å². The van der Waals surface area contributed by atoms with Gasteiger partial charge in [-0.05, 0) is 56.0 Å². The summed E-state index contributed by atoms with van der Waals surface area (Å²) in [7, 11) is 0. The molecule has 0 atom stereocenters. The van der Waals surface area contributed by atoms with Gasteiger partial charge in [0, 0.05) is 21.0 Å². The quantitative estimate of drug-likeness (QED) is 0.669. The van der Waals surface area contributed by atoms with E-state index in [0.29, 0.717) is 22.9 Å². The molecule has 0 fully saturated rings. The second kappa shape index (κ2) is 8.05. The van der Waals surface area contributed by atoms with E-state index >= 15 is 0 Å². The van der Waals surface area contributed by atoms with Crippen molar-refractivity contribution in [3.05, 3.63) is 50.3 Å². The average Bonchev–Trinajstić information content (AvgIpc) is 3.15. The highest BCUT2D eigenvalue weighted by Gasteiger charge is 2.25. The second-order valence-electron chi connectivity index (χ2n) is 5.86. The van der Waals surface area contributed by atoms with Gasteiger partial charge in [0.1, 0.15) is 10.8 Å². The highest BCUT2D eigenvalue weighted by Crippen LogP contribution is 2.38. The monoisotopic (exact) mass is 434 g/mol. The van der Waals surface area contributed by atoms with Crippen molar-refractivity contribution in [2.75, 3.05) is 11.9 Å². The summed E-state index contributed by atoms with van der Waals surface area (Å²) in [6, 6.07) is 5.61. The van der Waals surface area contributed by atoms with Gasteiger partial charge in [-0.3, -0.25) is 9.59 Å². The molecule has 136 valence electrons. The minimum atomic E-state index is -0.491. The smallest absolute Gasteiger partial charge is 0.251 e. The Balaban J connectivity index is 1.79. The second-order valence-corrected chi connectivity index (χ2v) is 7.88. The first-order chi connectivity index (χ1) is 12.5. The molecule has 2 amide bonds. The fourth-order valence-corrected chi connectivity index (χ4v) is 4.68. The first kappa shape index (κ1) is 18.7. The maximum Gasteiger partial charge on any atom is 0.251 e. The van der Waals surface area contributed by atoms with E-state index in [2.05, 4.69) is 21.2 Å². The topological polar surface area (TPSA) is 81.4 Å². The summed E-state index contributed by atoms with van der Waals surface area (Å²) >= 11 is 4.86. The fraction of sp³-hybridized carbons (Fsp3) is 0.263. The Kier molecular flexibility index (Phi) is 5.78.